The van der Waals surface area contributed by atoms with Crippen LogP contribution < -0.4 is 11.1 Å². The summed E-state index contributed by atoms with van der Waals surface area (Å²) in [5, 5.41) is 20.7. The van der Waals surface area contributed by atoms with Crippen molar-refractivity contribution < 1.29 is 27.9 Å². The Labute approximate surface area is 136 Å². The monoisotopic (exact) mass is 343 g/mol. The van der Waals surface area contributed by atoms with Crippen molar-refractivity contribution in [2.75, 3.05) is 0 Å². The summed E-state index contributed by atoms with van der Waals surface area (Å²) in [7, 11) is 0. The zero-order valence-corrected chi connectivity index (χ0v) is 12.7. The predicted octanol–water partition coefficient (Wildman–Crippen LogP) is 1.26. The Bertz CT molecular complexity index is 638. The summed E-state index contributed by atoms with van der Waals surface area (Å²) in [5.74, 6) is -2.47. The van der Waals surface area contributed by atoms with Gasteiger partial charge in [-0.15, -0.1) is 0 Å². The van der Waals surface area contributed by atoms with E-state index in [1.807, 2.05) is 6.07 Å². The third-order valence-corrected chi connectivity index (χ3v) is 3.39. The molecule has 1 rings (SSSR count). The lowest BCUT2D eigenvalue weighted by Gasteiger charge is -2.22. The number of benzene rings is 1. The second kappa shape index (κ2) is 7.79. The standard InChI is InChI=1S/C15H16F3N3O3/c1-8(6-7-19)11(13(20)23)21-14(24)12(22)9-2-4-10(5-3-9)15(16,17)18/h2-5,8,11-12,22H,6H2,1H3,(H2,20,23)(H,21,24)/t8-,11-,12-/m0/s1. The zero-order valence-electron chi connectivity index (χ0n) is 12.7. The number of primary amides is 1. The van der Waals surface area contributed by atoms with E-state index in [1.54, 1.807) is 0 Å². The molecular weight excluding hydrogens is 327 g/mol. The van der Waals surface area contributed by atoms with Crippen molar-refractivity contribution in [3.63, 3.8) is 0 Å². The highest BCUT2D eigenvalue weighted by Crippen LogP contribution is 2.30. The first-order chi connectivity index (χ1) is 11.1. The highest BCUT2D eigenvalue weighted by Gasteiger charge is 2.31. The van der Waals surface area contributed by atoms with E-state index < -0.39 is 41.6 Å². The van der Waals surface area contributed by atoms with Crippen molar-refractivity contribution in [2.45, 2.75) is 31.7 Å². The number of aliphatic hydroxyl groups is 1. The number of rotatable bonds is 6. The number of nitrogens with zero attached hydrogens (tertiary/aromatic N) is 1. The smallest absolute Gasteiger partial charge is 0.378 e. The van der Waals surface area contributed by atoms with Crippen LogP contribution in [0.2, 0.25) is 0 Å². The number of amides is 2. The van der Waals surface area contributed by atoms with Crippen molar-refractivity contribution >= 4 is 11.8 Å². The Hall–Kier alpha value is -2.60. The van der Waals surface area contributed by atoms with Gasteiger partial charge < -0.3 is 16.2 Å². The molecule has 0 spiro atoms. The van der Waals surface area contributed by atoms with Gasteiger partial charge in [-0.1, -0.05) is 19.1 Å². The number of hydrogen-bond acceptors (Lipinski definition) is 4. The highest BCUT2D eigenvalue weighted by atomic mass is 19.4. The fraction of sp³-hybridized carbons (Fsp3) is 0.400. The van der Waals surface area contributed by atoms with Crippen molar-refractivity contribution in [1.29, 1.82) is 5.26 Å². The Morgan fingerprint density at radius 2 is 1.88 bits per heavy atom. The summed E-state index contributed by atoms with van der Waals surface area (Å²) < 4.78 is 37.4. The molecule has 4 N–H and O–H groups in total. The summed E-state index contributed by atoms with van der Waals surface area (Å²) in [6.07, 6.45) is -6.36. The van der Waals surface area contributed by atoms with E-state index in [1.165, 1.54) is 6.92 Å². The van der Waals surface area contributed by atoms with Crippen LogP contribution in [0.15, 0.2) is 24.3 Å². The van der Waals surface area contributed by atoms with Gasteiger partial charge in [0, 0.05) is 6.42 Å². The van der Waals surface area contributed by atoms with Crippen molar-refractivity contribution in [1.82, 2.24) is 5.32 Å². The lowest BCUT2D eigenvalue weighted by molar-refractivity contribution is -0.137. The largest absolute Gasteiger partial charge is 0.416 e. The number of carbonyl (C=O) groups is 2. The van der Waals surface area contributed by atoms with Gasteiger partial charge in [0.15, 0.2) is 6.10 Å². The van der Waals surface area contributed by atoms with Crippen molar-refractivity contribution in [3.8, 4) is 6.07 Å². The summed E-state index contributed by atoms with van der Waals surface area (Å²) >= 11 is 0. The van der Waals surface area contributed by atoms with E-state index in [9.17, 15) is 27.9 Å². The van der Waals surface area contributed by atoms with Crippen LogP contribution >= 0.6 is 0 Å². The van der Waals surface area contributed by atoms with Gasteiger partial charge in [0.2, 0.25) is 5.91 Å². The van der Waals surface area contributed by atoms with Crippen LogP contribution in [-0.2, 0) is 15.8 Å². The fourth-order valence-corrected chi connectivity index (χ4v) is 1.99. The maximum absolute atomic E-state index is 12.5. The summed E-state index contributed by atoms with van der Waals surface area (Å²) in [6, 6.07) is 4.04. The van der Waals surface area contributed by atoms with Gasteiger partial charge in [0.25, 0.3) is 5.91 Å². The molecule has 24 heavy (non-hydrogen) atoms. The van der Waals surface area contributed by atoms with Crippen LogP contribution in [0.5, 0.6) is 0 Å². The summed E-state index contributed by atoms with van der Waals surface area (Å²) in [5.41, 5.74) is 4.16. The minimum atomic E-state index is -4.53. The molecule has 0 aromatic heterocycles. The first-order valence-corrected chi connectivity index (χ1v) is 6.89. The molecule has 9 heteroatoms. The number of halogens is 3. The van der Waals surface area contributed by atoms with E-state index in [0.717, 1.165) is 24.3 Å². The molecule has 1 aromatic carbocycles. The van der Waals surface area contributed by atoms with Gasteiger partial charge in [-0.05, 0) is 23.6 Å². The topological polar surface area (TPSA) is 116 Å². The molecule has 1 aromatic rings. The first-order valence-electron chi connectivity index (χ1n) is 6.89. The molecule has 0 heterocycles. The van der Waals surface area contributed by atoms with Gasteiger partial charge in [-0.3, -0.25) is 9.59 Å². The first kappa shape index (κ1) is 19.4. The molecule has 0 fully saturated rings. The van der Waals surface area contributed by atoms with Gasteiger partial charge in [0.05, 0.1) is 11.6 Å². The van der Waals surface area contributed by atoms with Crippen molar-refractivity contribution in [3.05, 3.63) is 35.4 Å². The third kappa shape index (κ3) is 4.96. The van der Waals surface area contributed by atoms with Gasteiger partial charge in [0.1, 0.15) is 6.04 Å². The maximum atomic E-state index is 12.5. The molecule has 0 radical (unpaired) electrons. The Balaban J connectivity index is 2.86. The van der Waals surface area contributed by atoms with Crippen LogP contribution in [0.3, 0.4) is 0 Å². The van der Waals surface area contributed by atoms with E-state index in [0.29, 0.717) is 0 Å². The number of nitrogens with two attached hydrogens (primary N) is 1. The number of carbonyl (C=O) groups excluding carboxylic acids is 2. The Morgan fingerprint density at radius 1 is 1.33 bits per heavy atom. The molecule has 130 valence electrons. The summed E-state index contributed by atoms with van der Waals surface area (Å²) in [6.45, 7) is 1.52. The molecule has 0 bridgehead atoms. The van der Waals surface area contributed by atoms with E-state index in [-0.39, 0.29) is 12.0 Å². The second-order valence-corrected chi connectivity index (χ2v) is 5.25. The van der Waals surface area contributed by atoms with Crippen LogP contribution in [0, 0.1) is 17.2 Å². The average Bonchev–Trinajstić information content (AvgIpc) is 2.50. The number of aliphatic hydroxyl groups excluding tert-OH is 1. The number of hydrogen-bond donors (Lipinski definition) is 3. The fourth-order valence-electron chi connectivity index (χ4n) is 1.99. The molecule has 3 atom stereocenters. The Kier molecular flexibility index (Phi) is 6.31. The van der Waals surface area contributed by atoms with Gasteiger partial charge in [-0.2, -0.15) is 18.4 Å². The summed E-state index contributed by atoms with van der Waals surface area (Å²) in [4.78, 5) is 23.3. The predicted molar refractivity (Wildman–Crippen MR) is 76.9 cm³/mol. The van der Waals surface area contributed by atoms with Crippen LogP contribution in [0.1, 0.15) is 30.6 Å². The molecular formula is C15H16F3N3O3. The molecule has 0 saturated heterocycles. The second-order valence-electron chi connectivity index (χ2n) is 5.25. The molecule has 0 aliphatic rings. The van der Waals surface area contributed by atoms with Crippen LogP contribution in [0.25, 0.3) is 0 Å². The molecule has 6 nitrogen and oxygen atoms in total. The number of alkyl halides is 3. The number of nitrogens with one attached hydrogen (secondary N) is 1. The van der Waals surface area contributed by atoms with E-state index in [2.05, 4.69) is 5.32 Å². The quantitative estimate of drug-likeness (QED) is 0.721. The van der Waals surface area contributed by atoms with Crippen LogP contribution in [0.4, 0.5) is 13.2 Å². The molecule has 0 saturated carbocycles. The third-order valence-electron chi connectivity index (χ3n) is 3.39. The molecule has 2 amide bonds. The Morgan fingerprint density at radius 3 is 2.29 bits per heavy atom. The van der Waals surface area contributed by atoms with Gasteiger partial charge >= 0.3 is 6.18 Å². The lowest BCUT2D eigenvalue weighted by atomic mass is 9.97. The van der Waals surface area contributed by atoms with Gasteiger partial charge in [-0.25, -0.2) is 0 Å². The van der Waals surface area contributed by atoms with Crippen molar-refractivity contribution in [2.24, 2.45) is 11.7 Å². The molecule has 0 aliphatic heterocycles. The van der Waals surface area contributed by atoms with Crippen LogP contribution in [-0.4, -0.2) is 23.0 Å². The van der Waals surface area contributed by atoms with E-state index in [4.69, 9.17) is 11.0 Å². The average molecular weight is 343 g/mol. The minimum absolute atomic E-state index is 0.0513. The molecule has 0 aliphatic carbocycles. The number of nitriles is 1. The SMILES string of the molecule is C[C@@H](CC#N)[C@H](NC(=O)[C@@H](O)c1ccc(C(F)(F)F)cc1)C(N)=O. The maximum Gasteiger partial charge on any atom is 0.416 e. The van der Waals surface area contributed by atoms with E-state index >= 15 is 0 Å². The highest BCUT2D eigenvalue weighted by molar-refractivity contribution is 5.89. The lowest BCUT2D eigenvalue weighted by Crippen LogP contribution is -2.49. The zero-order chi connectivity index (χ0) is 18.5. The molecule has 0 unspecified atom stereocenters. The normalized spacial score (nSPS) is 15.0. The minimum Gasteiger partial charge on any atom is -0.378 e.